The first-order chi connectivity index (χ1) is 12.1. The molecule has 0 aliphatic carbocycles. The van der Waals surface area contributed by atoms with Crippen LogP contribution in [0, 0.1) is 0 Å². The second-order valence-corrected chi connectivity index (χ2v) is 9.89. The molecule has 27 heavy (non-hydrogen) atoms. The molecule has 2 heterocycles. The van der Waals surface area contributed by atoms with E-state index in [0.717, 1.165) is 12.1 Å². The van der Waals surface area contributed by atoms with Crippen LogP contribution in [-0.4, -0.2) is 23.8 Å². The maximum Gasteiger partial charge on any atom is 0.310 e. The van der Waals surface area contributed by atoms with E-state index < -0.39 is 20.7 Å². The molecule has 1 aromatic carbocycles. The summed E-state index contributed by atoms with van der Waals surface area (Å²) in [6, 6.07) is 4.43. The first-order valence-corrected chi connectivity index (χ1v) is 10.5. The average Bonchev–Trinajstić information content (AvgIpc) is 3.01. The lowest BCUT2D eigenvalue weighted by atomic mass is 9.93. The molecule has 0 bridgehead atoms. The predicted molar refractivity (Wildman–Crippen MR) is 97.5 cm³/mol. The summed E-state index contributed by atoms with van der Waals surface area (Å²) >= 11 is 1.27. The van der Waals surface area contributed by atoms with Crippen molar-refractivity contribution in [1.82, 2.24) is 4.90 Å². The molecule has 148 valence electrons. The normalized spacial score (nSPS) is 23.6. The SMILES string of the molecule is CN1C(=O)C[C@@](C)(c2cc(-c3ccc(S(F)(F)(F)(F)F)cc3)cs2)N=C1N. The van der Waals surface area contributed by atoms with Gasteiger partial charge in [0.25, 0.3) is 0 Å². The van der Waals surface area contributed by atoms with Gasteiger partial charge in [0.15, 0.2) is 5.96 Å². The summed E-state index contributed by atoms with van der Waals surface area (Å²) in [7, 11) is -8.18. The van der Waals surface area contributed by atoms with E-state index in [2.05, 4.69) is 4.99 Å². The smallest absolute Gasteiger partial charge is 0.310 e. The third kappa shape index (κ3) is 3.79. The van der Waals surface area contributed by atoms with Crippen molar-refractivity contribution in [2.24, 2.45) is 10.7 Å². The number of nitrogens with zero attached hydrogens (tertiary/aromatic N) is 2. The number of amides is 1. The topological polar surface area (TPSA) is 58.7 Å². The summed E-state index contributed by atoms with van der Waals surface area (Å²) < 4.78 is 64.1. The van der Waals surface area contributed by atoms with Crippen LogP contribution in [0.25, 0.3) is 11.1 Å². The van der Waals surface area contributed by atoms with Gasteiger partial charge < -0.3 is 5.73 Å². The molecule has 1 atom stereocenters. The summed E-state index contributed by atoms with van der Waals surface area (Å²) in [6.07, 6.45) is 0.0906. The summed E-state index contributed by atoms with van der Waals surface area (Å²) in [5.74, 6) is -0.135. The molecule has 11 heteroatoms. The van der Waals surface area contributed by atoms with E-state index in [1.165, 1.54) is 23.3 Å². The molecule has 0 saturated heterocycles. The number of nitrogens with two attached hydrogens (primary N) is 1. The second kappa shape index (κ2) is 5.22. The van der Waals surface area contributed by atoms with Crippen molar-refractivity contribution in [3.63, 3.8) is 0 Å². The highest BCUT2D eigenvalue weighted by atomic mass is 32.5. The number of thiophene rings is 1. The average molecular weight is 425 g/mol. The fourth-order valence-electron chi connectivity index (χ4n) is 2.72. The van der Waals surface area contributed by atoms with E-state index in [9.17, 15) is 24.2 Å². The van der Waals surface area contributed by atoms with Gasteiger partial charge in [0.2, 0.25) is 5.91 Å². The van der Waals surface area contributed by atoms with E-state index in [1.54, 1.807) is 18.4 Å². The van der Waals surface area contributed by atoms with Gasteiger partial charge in [-0.15, -0.1) is 11.3 Å². The standard InChI is InChI=1S/C16H16F5N3OS2/c1-16(8-14(25)24(2)15(22)23-16)13-7-11(9-26-13)10-3-5-12(6-4-10)27(17,18,19,20)21/h3-7,9H,8H2,1-2H3,(H2,22,23)/t16-/m0/s1. The molecule has 0 spiro atoms. The van der Waals surface area contributed by atoms with Gasteiger partial charge in [-0.2, -0.15) is 0 Å². The summed E-state index contributed by atoms with van der Waals surface area (Å²) in [6.45, 7) is 1.73. The Kier molecular flexibility index (Phi) is 3.79. The Hall–Kier alpha value is -2.14. The van der Waals surface area contributed by atoms with Crippen LogP contribution in [0.1, 0.15) is 18.2 Å². The van der Waals surface area contributed by atoms with Crippen LogP contribution in [-0.2, 0) is 10.3 Å². The summed E-state index contributed by atoms with van der Waals surface area (Å²) in [5.41, 5.74) is 5.77. The van der Waals surface area contributed by atoms with E-state index >= 15 is 0 Å². The van der Waals surface area contributed by atoms with Crippen molar-refractivity contribution in [3.05, 3.63) is 40.6 Å². The highest BCUT2D eigenvalue weighted by Crippen LogP contribution is 3.02. The fourth-order valence-corrected chi connectivity index (χ4v) is 4.40. The Morgan fingerprint density at radius 2 is 1.74 bits per heavy atom. The van der Waals surface area contributed by atoms with Gasteiger partial charge >= 0.3 is 10.2 Å². The minimum Gasteiger partial charge on any atom is -0.369 e. The Labute approximate surface area is 156 Å². The van der Waals surface area contributed by atoms with Crippen LogP contribution in [0.15, 0.2) is 45.6 Å². The van der Waals surface area contributed by atoms with Crippen molar-refractivity contribution < 1.29 is 24.2 Å². The molecule has 2 N–H and O–H groups in total. The number of benzene rings is 1. The van der Waals surface area contributed by atoms with Crippen LogP contribution in [0.5, 0.6) is 0 Å². The maximum atomic E-state index is 12.8. The van der Waals surface area contributed by atoms with Gasteiger partial charge in [-0.3, -0.25) is 9.69 Å². The maximum absolute atomic E-state index is 12.8. The third-order valence-corrected chi connectivity index (χ3v) is 6.68. The van der Waals surface area contributed by atoms with Crippen LogP contribution in [0.2, 0.25) is 0 Å². The number of guanidine groups is 1. The summed E-state index contributed by atoms with van der Waals surface area (Å²) in [5, 5.41) is 1.67. The highest BCUT2D eigenvalue weighted by molar-refractivity contribution is 8.45. The molecular weight excluding hydrogens is 409 g/mol. The Morgan fingerprint density at radius 1 is 1.15 bits per heavy atom. The van der Waals surface area contributed by atoms with Crippen molar-refractivity contribution in [2.45, 2.75) is 23.8 Å². The van der Waals surface area contributed by atoms with E-state index in [4.69, 9.17) is 5.73 Å². The quantitative estimate of drug-likeness (QED) is 0.664. The predicted octanol–water partition coefficient (Wildman–Crippen LogP) is 5.46. The zero-order chi connectivity index (χ0) is 20.3. The van der Waals surface area contributed by atoms with Crippen LogP contribution < -0.4 is 5.73 Å². The van der Waals surface area contributed by atoms with Crippen molar-refractivity contribution >= 4 is 33.4 Å². The van der Waals surface area contributed by atoms with Crippen molar-refractivity contribution in [2.75, 3.05) is 7.05 Å². The molecule has 1 amide bonds. The molecule has 2 aromatic rings. The molecule has 0 unspecified atom stereocenters. The first-order valence-electron chi connectivity index (χ1n) is 7.64. The number of rotatable bonds is 3. The zero-order valence-corrected chi connectivity index (χ0v) is 15.9. The molecule has 0 radical (unpaired) electrons. The van der Waals surface area contributed by atoms with Gasteiger partial charge in [-0.05, 0) is 41.6 Å². The zero-order valence-electron chi connectivity index (χ0n) is 14.3. The largest absolute Gasteiger partial charge is 0.369 e. The van der Waals surface area contributed by atoms with Crippen LogP contribution in [0.3, 0.4) is 0 Å². The number of hydrogen-bond acceptors (Lipinski definition) is 4. The van der Waals surface area contributed by atoms with Crippen molar-refractivity contribution in [1.29, 1.82) is 0 Å². The highest BCUT2D eigenvalue weighted by Gasteiger charge is 2.65. The molecule has 0 saturated carbocycles. The van der Waals surface area contributed by atoms with Gasteiger partial charge in [0.1, 0.15) is 10.4 Å². The third-order valence-electron chi connectivity index (χ3n) is 4.34. The summed E-state index contributed by atoms with van der Waals surface area (Å²) in [4.78, 5) is 16.4. The van der Waals surface area contributed by atoms with E-state index in [1.807, 2.05) is 0 Å². The molecule has 1 aliphatic rings. The second-order valence-electron chi connectivity index (χ2n) is 6.57. The van der Waals surface area contributed by atoms with Crippen LogP contribution >= 0.6 is 21.6 Å². The molecule has 3 rings (SSSR count). The van der Waals surface area contributed by atoms with Gasteiger partial charge in [-0.1, -0.05) is 31.6 Å². The van der Waals surface area contributed by atoms with Crippen molar-refractivity contribution in [3.8, 4) is 11.1 Å². The first kappa shape index (κ1) is 19.6. The molecule has 1 aliphatic heterocycles. The van der Waals surface area contributed by atoms with E-state index in [0.29, 0.717) is 28.1 Å². The lowest BCUT2D eigenvalue weighted by molar-refractivity contribution is -0.128. The Bertz CT molecular complexity index is 953. The lowest BCUT2D eigenvalue weighted by Gasteiger charge is -2.40. The molecule has 1 aromatic heterocycles. The van der Waals surface area contributed by atoms with E-state index in [-0.39, 0.29) is 18.3 Å². The minimum atomic E-state index is -9.69. The Morgan fingerprint density at radius 3 is 2.26 bits per heavy atom. The van der Waals surface area contributed by atoms with Gasteiger partial charge in [0, 0.05) is 11.9 Å². The number of carbonyl (C=O) groups is 1. The van der Waals surface area contributed by atoms with Crippen LogP contribution in [0.4, 0.5) is 19.4 Å². The molecular formula is C16H16F5N3OS2. The number of hydrogen-bond donors (Lipinski definition) is 1. The number of carbonyl (C=O) groups excluding carboxylic acids is 1. The number of halogens is 5. The van der Waals surface area contributed by atoms with Gasteiger partial charge in [0.05, 0.1) is 6.42 Å². The van der Waals surface area contributed by atoms with Gasteiger partial charge in [-0.25, -0.2) is 4.99 Å². The monoisotopic (exact) mass is 425 g/mol. The number of aliphatic imine (C=N–C) groups is 1. The fraction of sp³-hybridized carbons (Fsp3) is 0.250. The molecule has 4 nitrogen and oxygen atoms in total. The molecule has 0 fully saturated rings. The lowest BCUT2D eigenvalue weighted by Crippen LogP contribution is -2.47. The minimum absolute atomic E-state index is 0.0731. The Balaban J connectivity index is 1.95.